The molecule has 3 rings (SSSR count). The average molecular weight is 430 g/mol. The van der Waals surface area contributed by atoms with Crippen LogP contribution in [0.1, 0.15) is 26.1 Å². The summed E-state index contributed by atoms with van der Waals surface area (Å²) in [6, 6.07) is 7.52. The number of phenols is 1. The first kappa shape index (κ1) is 22.9. The zero-order valence-corrected chi connectivity index (χ0v) is 18.7. The van der Waals surface area contributed by atoms with Crippen LogP contribution in [0.25, 0.3) is 0 Å². The molecule has 1 saturated heterocycles. The average Bonchev–Trinajstić information content (AvgIpc) is 3.26. The highest BCUT2D eigenvalue weighted by atomic mass is 16.5. The summed E-state index contributed by atoms with van der Waals surface area (Å²) in [5, 5.41) is 21.8. The highest BCUT2D eigenvalue weighted by Gasteiger charge is 2.21. The van der Waals surface area contributed by atoms with Gasteiger partial charge in [0.15, 0.2) is 5.96 Å². The Hall–Kier alpha value is -2.81. The molecule has 2 N–H and O–H groups in total. The number of ether oxygens (including phenoxy) is 1. The van der Waals surface area contributed by atoms with Crippen molar-refractivity contribution in [2.75, 3.05) is 57.4 Å². The molecule has 0 amide bonds. The molecule has 0 aliphatic carbocycles. The van der Waals surface area contributed by atoms with Crippen LogP contribution in [0.5, 0.6) is 5.75 Å². The van der Waals surface area contributed by atoms with Crippen LogP contribution in [-0.2, 0) is 17.7 Å². The van der Waals surface area contributed by atoms with E-state index in [4.69, 9.17) is 9.73 Å². The maximum Gasteiger partial charge on any atom is 0.194 e. The van der Waals surface area contributed by atoms with Crippen molar-refractivity contribution in [3.8, 4) is 5.75 Å². The number of anilines is 1. The third-order valence-corrected chi connectivity index (χ3v) is 5.36. The van der Waals surface area contributed by atoms with E-state index in [0.29, 0.717) is 5.75 Å². The summed E-state index contributed by atoms with van der Waals surface area (Å²) in [6.07, 6.45) is 3.56. The Labute approximate surface area is 184 Å². The Morgan fingerprint density at radius 1 is 1.19 bits per heavy atom. The molecule has 31 heavy (non-hydrogen) atoms. The van der Waals surface area contributed by atoms with E-state index in [-0.39, 0.29) is 0 Å². The van der Waals surface area contributed by atoms with Crippen molar-refractivity contribution in [1.82, 2.24) is 25.0 Å². The van der Waals surface area contributed by atoms with Gasteiger partial charge in [0.25, 0.3) is 0 Å². The second-order valence-electron chi connectivity index (χ2n) is 7.44. The number of nitrogens with one attached hydrogen (secondary N) is 1. The number of piperazine rings is 1. The number of aromatic nitrogens is 3. The van der Waals surface area contributed by atoms with Gasteiger partial charge in [-0.1, -0.05) is 19.1 Å². The van der Waals surface area contributed by atoms with Crippen molar-refractivity contribution in [1.29, 1.82) is 0 Å². The number of aromatic hydroxyl groups is 1. The van der Waals surface area contributed by atoms with E-state index >= 15 is 0 Å². The molecule has 0 radical (unpaired) electrons. The molecular formula is C22H35N7O2. The van der Waals surface area contributed by atoms with Crippen LogP contribution < -0.4 is 10.2 Å². The molecule has 1 aromatic carbocycles. The smallest absolute Gasteiger partial charge is 0.194 e. The predicted molar refractivity (Wildman–Crippen MR) is 123 cm³/mol. The Morgan fingerprint density at radius 2 is 2.00 bits per heavy atom. The lowest BCUT2D eigenvalue weighted by molar-refractivity contribution is 0.146. The first-order valence-corrected chi connectivity index (χ1v) is 11.2. The summed E-state index contributed by atoms with van der Waals surface area (Å²) in [7, 11) is 0. The summed E-state index contributed by atoms with van der Waals surface area (Å²) in [5.74, 6) is 2.26. The summed E-state index contributed by atoms with van der Waals surface area (Å²) in [4.78, 5) is 9.36. The largest absolute Gasteiger partial charge is 0.506 e. The summed E-state index contributed by atoms with van der Waals surface area (Å²) < 4.78 is 7.52. The highest BCUT2D eigenvalue weighted by Crippen LogP contribution is 2.27. The number of benzene rings is 1. The zero-order valence-electron chi connectivity index (χ0n) is 18.7. The fraction of sp³-hybridized carbons (Fsp3) is 0.591. The van der Waals surface area contributed by atoms with Gasteiger partial charge in [-0.3, -0.25) is 4.99 Å². The van der Waals surface area contributed by atoms with Gasteiger partial charge in [-0.25, -0.2) is 0 Å². The molecule has 0 saturated carbocycles. The molecule has 9 heteroatoms. The van der Waals surface area contributed by atoms with Crippen molar-refractivity contribution in [3.05, 3.63) is 36.4 Å². The van der Waals surface area contributed by atoms with Gasteiger partial charge in [0.05, 0.1) is 5.69 Å². The molecule has 0 atom stereocenters. The number of para-hydroxylation sites is 2. The van der Waals surface area contributed by atoms with Crippen molar-refractivity contribution in [2.24, 2.45) is 4.99 Å². The molecule has 2 heterocycles. The van der Waals surface area contributed by atoms with Crippen LogP contribution in [0, 0.1) is 0 Å². The monoisotopic (exact) mass is 429 g/mol. The Kier molecular flexibility index (Phi) is 8.96. The van der Waals surface area contributed by atoms with Gasteiger partial charge in [-0.15, -0.1) is 10.2 Å². The van der Waals surface area contributed by atoms with Crippen molar-refractivity contribution in [3.63, 3.8) is 0 Å². The standard InChI is InChI=1S/C22H35N7O2/c1-3-21-26-25-18-29(21)12-11-24-22(23-10-7-17-31-4-2)28-15-13-27(14-16-28)19-8-5-6-9-20(19)30/h5-6,8-9,18,30H,3-4,7,10-17H2,1-2H3,(H,23,24). The minimum absolute atomic E-state index is 0.333. The van der Waals surface area contributed by atoms with Crippen LogP contribution >= 0.6 is 0 Å². The molecule has 0 spiro atoms. The van der Waals surface area contributed by atoms with E-state index in [2.05, 4.69) is 36.8 Å². The van der Waals surface area contributed by atoms with E-state index in [1.54, 1.807) is 12.4 Å². The second-order valence-corrected chi connectivity index (χ2v) is 7.44. The second kappa shape index (κ2) is 12.1. The first-order chi connectivity index (χ1) is 15.2. The minimum Gasteiger partial charge on any atom is -0.506 e. The molecule has 2 aromatic rings. The number of nitrogens with zero attached hydrogens (tertiary/aromatic N) is 6. The van der Waals surface area contributed by atoms with Gasteiger partial charge in [-0.05, 0) is 25.5 Å². The van der Waals surface area contributed by atoms with E-state index < -0.39 is 0 Å². The molecule has 1 aliphatic heterocycles. The lowest BCUT2D eigenvalue weighted by Crippen LogP contribution is -2.53. The highest BCUT2D eigenvalue weighted by molar-refractivity contribution is 5.80. The molecule has 9 nitrogen and oxygen atoms in total. The Balaban J connectivity index is 1.57. The van der Waals surface area contributed by atoms with Gasteiger partial charge in [0.2, 0.25) is 0 Å². The number of rotatable bonds is 10. The maximum absolute atomic E-state index is 10.2. The fourth-order valence-corrected chi connectivity index (χ4v) is 3.68. The molecule has 1 aromatic heterocycles. The number of hydrogen-bond acceptors (Lipinski definition) is 6. The number of aliphatic imine (C=N–C) groups is 1. The predicted octanol–water partition coefficient (Wildman–Crippen LogP) is 1.74. The van der Waals surface area contributed by atoms with E-state index in [0.717, 1.165) is 89.3 Å². The zero-order chi connectivity index (χ0) is 21.9. The number of phenolic OH excluding ortho intramolecular Hbond substituents is 1. The van der Waals surface area contributed by atoms with Gasteiger partial charge in [-0.2, -0.15) is 0 Å². The van der Waals surface area contributed by atoms with Crippen LogP contribution in [-0.4, -0.2) is 83.2 Å². The van der Waals surface area contributed by atoms with Crippen LogP contribution in [0.3, 0.4) is 0 Å². The van der Waals surface area contributed by atoms with Gasteiger partial charge < -0.3 is 29.5 Å². The van der Waals surface area contributed by atoms with Crippen molar-refractivity contribution < 1.29 is 9.84 Å². The summed E-state index contributed by atoms with van der Waals surface area (Å²) in [6.45, 7) is 11.2. The normalized spacial score (nSPS) is 14.8. The molecule has 170 valence electrons. The van der Waals surface area contributed by atoms with Crippen molar-refractivity contribution >= 4 is 11.6 Å². The summed E-state index contributed by atoms with van der Waals surface area (Å²) in [5.41, 5.74) is 0.894. The molecule has 0 bridgehead atoms. The number of aryl methyl sites for hydroxylation is 1. The van der Waals surface area contributed by atoms with Gasteiger partial charge >= 0.3 is 0 Å². The van der Waals surface area contributed by atoms with Crippen LogP contribution in [0.15, 0.2) is 35.6 Å². The quantitative estimate of drug-likeness (QED) is 0.338. The fourth-order valence-electron chi connectivity index (χ4n) is 3.68. The Morgan fingerprint density at radius 3 is 2.74 bits per heavy atom. The van der Waals surface area contributed by atoms with Gasteiger partial charge in [0, 0.05) is 65.4 Å². The topological polar surface area (TPSA) is 91.0 Å². The van der Waals surface area contributed by atoms with Gasteiger partial charge in [0.1, 0.15) is 17.9 Å². The third-order valence-electron chi connectivity index (χ3n) is 5.36. The SMILES string of the molecule is CCOCCCN=C(NCCn1cnnc1CC)N1CCN(c2ccccc2O)CC1. The van der Waals surface area contributed by atoms with E-state index in [1.165, 1.54) is 0 Å². The third kappa shape index (κ3) is 6.58. The number of guanidine groups is 1. The number of hydrogen-bond donors (Lipinski definition) is 2. The van der Waals surface area contributed by atoms with Crippen LogP contribution in [0.2, 0.25) is 0 Å². The first-order valence-electron chi connectivity index (χ1n) is 11.2. The molecule has 1 aliphatic rings. The molecular weight excluding hydrogens is 394 g/mol. The molecule has 1 fully saturated rings. The summed E-state index contributed by atoms with van der Waals surface area (Å²) >= 11 is 0. The lowest BCUT2D eigenvalue weighted by atomic mass is 10.2. The lowest BCUT2D eigenvalue weighted by Gasteiger charge is -2.38. The van der Waals surface area contributed by atoms with Crippen LogP contribution in [0.4, 0.5) is 5.69 Å². The van der Waals surface area contributed by atoms with E-state index in [9.17, 15) is 5.11 Å². The Bertz CT molecular complexity index is 816. The molecule has 0 unspecified atom stereocenters. The maximum atomic E-state index is 10.2. The minimum atomic E-state index is 0.333. The van der Waals surface area contributed by atoms with E-state index in [1.807, 2.05) is 25.1 Å². The van der Waals surface area contributed by atoms with Crippen molar-refractivity contribution in [2.45, 2.75) is 33.2 Å².